The summed E-state index contributed by atoms with van der Waals surface area (Å²) >= 11 is 0. The lowest BCUT2D eigenvalue weighted by molar-refractivity contribution is 0.272. The molecule has 0 radical (unpaired) electrons. The Hall–Kier alpha value is -0.263. The summed E-state index contributed by atoms with van der Waals surface area (Å²) in [6.07, 6.45) is 0.108. The summed E-state index contributed by atoms with van der Waals surface area (Å²) in [7, 11) is -1.36. The molecule has 0 aromatic carbocycles. The Morgan fingerprint density at radius 1 is 1.30 bits per heavy atom. The van der Waals surface area contributed by atoms with Crippen molar-refractivity contribution in [3.63, 3.8) is 0 Å². The Balaban J connectivity index is 3.76. The van der Waals surface area contributed by atoms with E-state index in [0.717, 1.165) is 0 Å². The average Bonchev–Trinajstić information content (AvgIpc) is 1.59. The van der Waals surface area contributed by atoms with E-state index in [1.165, 1.54) is 0 Å². The van der Waals surface area contributed by atoms with Gasteiger partial charge < -0.3 is 4.43 Å². The van der Waals surface area contributed by atoms with Crippen LogP contribution in [0, 0.1) is 11.8 Å². The highest BCUT2D eigenvalue weighted by molar-refractivity contribution is 6.69. The Morgan fingerprint density at radius 2 is 1.80 bits per heavy atom. The van der Waals surface area contributed by atoms with Gasteiger partial charge in [0.15, 0.2) is 8.32 Å². The van der Waals surface area contributed by atoms with Crippen LogP contribution in [-0.4, -0.2) is 14.4 Å². The van der Waals surface area contributed by atoms with Crippen LogP contribution in [0.25, 0.3) is 0 Å². The van der Waals surface area contributed by atoms with E-state index >= 15 is 0 Å². The minimum Gasteiger partial charge on any atom is -0.404 e. The van der Waals surface area contributed by atoms with Crippen LogP contribution in [0.1, 0.15) is 13.8 Å². The predicted octanol–water partition coefficient (Wildman–Crippen LogP) is 2.25. The zero-order valence-corrected chi connectivity index (χ0v) is 8.49. The summed E-state index contributed by atoms with van der Waals surface area (Å²) in [6, 6.07) is 0. The fourth-order valence-corrected chi connectivity index (χ4v) is 1.88. The summed E-state index contributed by atoms with van der Waals surface area (Å²) in [6.45, 7) is 10.3. The van der Waals surface area contributed by atoms with Gasteiger partial charge in [-0.3, -0.25) is 0 Å². The lowest BCUT2D eigenvalue weighted by Gasteiger charge is -2.19. The fraction of sp³-hybridized carbons (Fsp3) is 0.750. The topological polar surface area (TPSA) is 9.23 Å². The molecular formula is C8H16OSi. The molecule has 2 heteroatoms. The van der Waals surface area contributed by atoms with Crippen LogP contribution in [0.5, 0.6) is 0 Å². The third kappa shape index (κ3) is 5.87. The Bertz CT molecular complexity index is 147. The minimum absolute atomic E-state index is 0.108. The van der Waals surface area contributed by atoms with Gasteiger partial charge in [-0.15, -0.1) is 5.92 Å². The first kappa shape index (κ1) is 9.74. The van der Waals surface area contributed by atoms with Crippen LogP contribution >= 0.6 is 0 Å². The zero-order chi connectivity index (χ0) is 8.20. The summed E-state index contributed by atoms with van der Waals surface area (Å²) < 4.78 is 5.64. The Kier molecular flexibility index (Phi) is 3.70. The van der Waals surface area contributed by atoms with Crippen molar-refractivity contribution in [2.45, 2.75) is 39.6 Å². The molecule has 0 aliphatic heterocycles. The SMILES string of the molecule is CC#CC(C)O[Si](C)(C)C. The molecule has 0 amide bonds. The summed E-state index contributed by atoms with van der Waals surface area (Å²) in [5.74, 6) is 5.80. The first-order valence-corrected chi connectivity index (χ1v) is 6.96. The molecule has 0 spiro atoms. The second kappa shape index (κ2) is 3.80. The fourth-order valence-electron chi connectivity index (χ4n) is 0.763. The van der Waals surface area contributed by atoms with Gasteiger partial charge in [0.2, 0.25) is 0 Å². The Morgan fingerprint density at radius 3 is 2.10 bits per heavy atom. The van der Waals surface area contributed by atoms with Crippen molar-refractivity contribution < 1.29 is 4.43 Å². The van der Waals surface area contributed by atoms with Gasteiger partial charge in [-0.2, -0.15) is 0 Å². The van der Waals surface area contributed by atoms with E-state index in [1.807, 2.05) is 13.8 Å². The molecule has 1 atom stereocenters. The average molecular weight is 156 g/mol. The monoisotopic (exact) mass is 156 g/mol. The lowest BCUT2D eigenvalue weighted by atomic mass is 10.4. The van der Waals surface area contributed by atoms with Crippen LogP contribution in [0.3, 0.4) is 0 Å². The van der Waals surface area contributed by atoms with Gasteiger partial charge in [0, 0.05) is 0 Å². The van der Waals surface area contributed by atoms with Crippen LogP contribution < -0.4 is 0 Å². The van der Waals surface area contributed by atoms with Gasteiger partial charge in [-0.1, -0.05) is 5.92 Å². The molecule has 10 heavy (non-hydrogen) atoms. The molecule has 0 aromatic heterocycles. The maximum absolute atomic E-state index is 5.64. The van der Waals surface area contributed by atoms with Crippen molar-refractivity contribution in [3.8, 4) is 11.8 Å². The van der Waals surface area contributed by atoms with Crippen molar-refractivity contribution >= 4 is 8.32 Å². The van der Waals surface area contributed by atoms with Crippen molar-refractivity contribution in [1.29, 1.82) is 0 Å². The van der Waals surface area contributed by atoms with Gasteiger partial charge in [-0.05, 0) is 33.5 Å². The second-order valence-corrected chi connectivity index (χ2v) is 7.73. The van der Waals surface area contributed by atoms with E-state index in [2.05, 4.69) is 31.5 Å². The first-order valence-electron chi connectivity index (χ1n) is 3.56. The molecule has 0 N–H and O–H groups in total. The molecular weight excluding hydrogens is 140 g/mol. The molecule has 0 aliphatic carbocycles. The van der Waals surface area contributed by atoms with Gasteiger partial charge in [0.05, 0.1) is 0 Å². The molecule has 0 saturated carbocycles. The van der Waals surface area contributed by atoms with E-state index in [1.54, 1.807) is 0 Å². The quantitative estimate of drug-likeness (QED) is 0.440. The van der Waals surface area contributed by atoms with Crippen LogP contribution in [0.15, 0.2) is 0 Å². The highest BCUT2D eigenvalue weighted by Gasteiger charge is 2.16. The minimum atomic E-state index is -1.36. The molecule has 1 nitrogen and oxygen atoms in total. The van der Waals surface area contributed by atoms with Crippen molar-refractivity contribution in [3.05, 3.63) is 0 Å². The van der Waals surface area contributed by atoms with Crippen LogP contribution in [0.2, 0.25) is 19.6 Å². The molecule has 0 fully saturated rings. The van der Waals surface area contributed by atoms with E-state index in [4.69, 9.17) is 4.43 Å². The van der Waals surface area contributed by atoms with E-state index in [-0.39, 0.29) is 6.10 Å². The third-order valence-electron chi connectivity index (χ3n) is 0.878. The van der Waals surface area contributed by atoms with E-state index in [0.29, 0.717) is 0 Å². The molecule has 0 saturated heterocycles. The van der Waals surface area contributed by atoms with E-state index < -0.39 is 8.32 Å². The predicted molar refractivity (Wildman–Crippen MR) is 47.3 cm³/mol. The van der Waals surface area contributed by atoms with Gasteiger partial charge in [0.1, 0.15) is 6.10 Å². The number of hydrogen-bond donors (Lipinski definition) is 0. The first-order chi connectivity index (χ1) is 4.45. The molecule has 0 heterocycles. The summed E-state index contributed by atoms with van der Waals surface area (Å²) in [5, 5.41) is 0. The Labute approximate surface area is 64.9 Å². The number of rotatable bonds is 2. The highest BCUT2D eigenvalue weighted by Crippen LogP contribution is 2.05. The highest BCUT2D eigenvalue weighted by atomic mass is 28.4. The maximum atomic E-state index is 5.64. The standard InChI is InChI=1S/C8H16OSi/c1-6-7-8(2)9-10(3,4)5/h8H,1-5H3. The number of hydrogen-bond acceptors (Lipinski definition) is 1. The zero-order valence-electron chi connectivity index (χ0n) is 7.49. The maximum Gasteiger partial charge on any atom is 0.185 e. The molecule has 0 rings (SSSR count). The normalized spacial score (nSPS) is 13.7. The largest absolute Gasteiger partial charge is 0.404 e. The molecule has 58 valence electrons. The second-order valence-electron chi connectivity index (χ2n) is 3.27. The third-order valence-corrected chi connectivity index (χ3v) is 1.94. The van der Waals surface area contributed by atoms with Crippen molar-refractivity contribution in [2.24, 2.45) is 0 Å². The van der Waals surface area contributed by atoms with Crippen molar-refractivity contribution in [2.75, 3.05) is 0 Å². The van der Waals surface area contributed by atoms with Crippen LogP contribution in [-0.2, 0) is 4.43 Å². The van der Waals surface area contributed by atoms with Crippen LogP contribution in [0.4, 0.5) is 0 Å². The lowest BCUT2D eigenvalue weighted by Crippen LogP contribution is -2.29. The van der Waals surface area contributed by atoms with E-state index in [9.17, 15) is 0 Å². The molecule has 1 unspecified atom stereocenters. The van der Waals surface area contributed by atoms with Crippen molar-refractivity contribution in [1.82, 2.24) is 0 Å². The van der Waals surface area contributed by atoms with Gasteiger partial charge in [-0.25, -0.2) is 0 Å². The smallest absolute Gasteiger partial charge is 0.185 e. The molecule has 0 aromatic rings. The van der Waals surface area contributed by atoms with Gasteiger partial charge in [0.25, 0.3) is 0 Å². The summed E-state index contributed by atoms with van der Waals surface area (Å²) in [5.41, 5.74) is 0. The van der Waals surface area contributed by atoms with Gasteiger partial charge >= 0.3 is 0 Å². The molecule has 0 aliphatic rings. The molecule has 0 bridgehead atoms. The summed E-state index contributed by atoms with van der Waals surface area (Å²) in [4.78, 5) is 0.